The maximum Gasteiger partial charge on any atom is 0.258 e. The predicted octanol–water partition coefficient (Wildman–Crippen LogP) is 2.19. The highest BCUT2D eigenvalue weighted by molar-refractivity contribution is 5.80. The van der Waals surface area contributed by atoms with Gasteiger partial charge >= 0.3 is 0 Å². The maximum absolute atomic E-state index is 13.3. The number of H-pyrrole nitrogens is 1. The van der Waals surface area contributed by atoms with Gasteiger partial charge in [-0.05, 0) is 66.8 Å². The molecule has 1 aliphatic carbocycles. The number of likely N-dealkylation sites (tertiary alicyclic amines) is 1. The number of ether oxygens (including phenoxy) is 1. The molecule has 1 saturated heterocycles. The zero-order chi connectivity index (χ0) is 21.2. The van der Waals surface area contributed by atoms with Crippen LogP contribution in [0.3, 0.4) is 0 Å². The third-order valence-electron chi connectivity index (χ3n) is 6.99. The Morgan fingerprint density at radius 2 is 1.87 bits per heavy atom. The molecule has 1 aliphatic heterocycles. The van der Waals surface area contributed by atoms with E-state index in [1.807, 2.05) is 28.9 Å². The van der Waals surface area contributed by atoms with Crippen LogP contribution in [0.4, 0.5) is 0 Å². The number of methoxy groups -OCH3 is 1. The second-order valence-corrected chi connectivity index (χ2v) is 8.93. The van der Waals surface area contributed by atoms with Crippen LogP contribution in [0.25, 0.3) is 10.9 Å². The summed E-state index contributed by atoms with van der Waals surface area (Å²) in [6, 6.07) is 7.91. The molecule has 1 aromatic carbocycles. The van der Waals surface area contributed by atoms with Crippen molar-refractivity contribution in [3.05, 3.63) is 46.0 Å². The Morgan fingerprint density at radius 1 is 1.10 bits per heavy atom. The number of pyridine rings is 1. The van der Waals surface area contributed by atoms with Crippen LogP contribution in [0.1, 0.15) is 74.8 Å². The molecule has 2 fully saturated rings. The Kier molecular flexibility index (Phi) is 5.72. The minimum Gasteiger partial charge on any atom is -0.497 e. The van der Waals surface area contributed by atoms with Gasteiger partial charge in [-0.3, -0.25) is 4.79 Å². The average molecular weight is 424 g/mol. The lowest BCUT2D eigenvalue weighted by Crippen LogP contribution is -3.13. The number of hydrogen-bond acceptors (Lipinski definition) is 5. The van der Waals surface area contributed by atoms with Crippen LogP contribution >= 0.6 is 0 Å². The van der Waals surface area contributed by atoms with Crippen LogP contribution in [0, 0.1) is 0 Å². The number of piperidine rings is 1. The molecular formula is C23H31N6O2+. The molecule has 2 aliphatic rings. The number of benzene rings is 1. The molecule has 8 heteroatoms. The Hall–Kier alpha value is -2.74. The number of fused-ring (bicyclic) bond motifs is 1. The van der Waals surface area contributed by atoms with Gasteiger partial charge in [-0.1, -0.05) is 19.3 Å². The molecule has 0 radical (unpaired) electrons. The summed E-state index contributed by atoms with van der Waals surface area (Å²) >= 11 is 0. The first-order valence-electron chi connectivity index (χ1n) is 11.6. The lowest BCUT2D eigenvalue weighted by atomic mass is 9.94. The van der Waals surface area contributed by atoms with Crippen molar-refractivity contribution in [2.75, 3.05) is 20.2 Å². The second kappa shape index (κ2) is 8.78. The molecule has 164 valence electrons. The van der Waals surface area contributed by atoms with E-state index in [4.69, 9.17) is 4.74 Å². The average Bonchev–Trinajstić information content (AvgIpc) is 3.30. The lowest BCUT2D eigenvalue weighted by Gasteiger charge is -2.32. The molecule has 5 rings (SSSR count). The molecule has 0 spiro atoms. The first kappa shape index (κ1) is 20.2. The van der Waals surface area contributed by atoms with Crippen molar-refractivity contribution in [1.29, 1.82) is 0 Å². The van der Waals surface area contributed by atoms with Gasteiger partial charge in [0, 0.05) is 10.9 Å². The van der Waals surface area contributed by atoms with Gasteiger partial charge in [-0.15, -0.1) is 5.10 Å². The monoisotopic (exact) mass is 423 g/mol. The van der Waals surface area contributed by atoms with Gasteiger partial charge in [-0.2, -0.15) is 0 Å². The predicted molar refractivity (Wildman–Crippen MR) is 117 cm³/mol. The third kappa shape index (κ3) is 3.96. The van der Waals surface area contributed by atoms with E-state index >= 15 is 0 Å². The van der Waals surface area contributed by atoms with Crippen LogP contribution in [0.15, 0.2) is 29.1 Å². The normalized spacial score (nSPS) is 19.5. The highest BCUT2D eigenvalue weighted by atomic mass is 16.5. The van der Waals surface area contributed by atoms with Crippen LogP contribution in [-0.2, 0) is 0 Å². The molecule has 2 N–H and O–H groups in total. The minimum atomic E-state index is -0.170. The van der Waals surface area contributed by atoms with Crippen molar-refractivity contribution in [2.45, 2.75) is 63.5 Å². The van der Waals surface area contributed by atoms with Gasteiger partial charge in [0.25, 0.3) is 5.56 Å². The molecule has 0 bridgehead atoms. The quantitative estimate of drug-likeness (QED) is 0.657. The SMILES string of the molecule is COc1ccc2[nH]c(=O)c([C@@H](c3nnnn3C3CCCCC3)[NH+]3CCCCC3)cc2c1. The maximum atomic E-state index is 13.3. The number of aromatic amines is 1. The van der Waals surface area contributed by atoms with Crippen LogP contribution in [0.2, 0.25) is 0 Å². The van der Waals surface area contributed by atoms with Gasteiger partial charge in [-0.25, -0.2) is 4.68 Å². The smallest absolute Gasteiger partial charge is 0.258 e. The highest BCUT2D eigenvalue weighted by Crippen LogP contribution is 2.30. The number of hydrogen-bond donors (Lipinski definition) is 2. The fraction of sp³-hybridized carbons (Fsp3) is 0.565. The van der Waals surface area contributed by atoms with Gasteiger partial charge in [0.15, 0.2) is 6.04 Å². The Balaban J connectivity index is 1.63. The molecule has 31 heavy (non-hydrogen) atoms. The largest absolute Gasteiger partial charge is 0.497 e. The molecule has 0 amide bonds. The number of rotatable bonds is 5. The first-order valence-corrected chi connectivity index (χ1v) is 11.6. The molecule has 2 aromatic heterocycles. The van der Waals surface area contributed by atoms with Crippen LogP contribution in [-0.4, -0.2) is 45.4 Å². The first-order chi connectivity index (χ1) is 15.2. The van der Waals surface area contributed by atoms with Crippen LogP contribution in [0.5, 0.6) is 5.75 Å². The number of nitrogens with one attached hydrogen (secondary N) is 2. The summed E-state index contributed by atoms with van der Waals surface area (Å²) in [5, 5.41) is 14.0. The highest BCUT2D eigenvalue weighted by Gasteiger charge is 2.36. The van der Waals surface area contributed by atoms with Crippen LogP contribution < -0.4 is 15.2 Å². The number of aromatic nitrogens is 5. The van der Waals surface area contributed by atoms with Gasteiger partial charge in [0.1, 0.15) is 5.75 Å². The molecule has 1 saturated carbocycles. The van der Waals surface area contributed by atoms with Crippen molar-refractivity contribution in [1.82, 2.24) is 25.2 Å². The number of tetrazole rings is 1. The standard InChI is InChI=1S/C23H30N6O2/c1-31-18-10-11-20-16(14-18)15-19(23(30)24-20)21(28-12-6-3-7-13-28)22-25-26-27-29(22)17-8-4-2-5-9-17/h10-11,14-15,17,21H,2-9,12-13H2,1H3,(H,24,30)/p+1/t21-/m0/s1. The Morgan fingerprint density at radius 3 is 2.65 bits per heavy atom. The van der Waals surface area contributed by atoms with E-state index in [2.05, 4.69) is 20.5 Å². The van der Waals surface area contributed by atoms with Crippen molar-refractivity contribution < 1.29 is 9.64 Å². The topological polar surface area (TPSA) is 90.1 Å². The fourth-order valence-corrected chi connectivity index (χ4v) is 5.36. The Bertz CT molecular complexity index is 1090. The van der Waals surface area contributed by atoms with Gasteiger partial charge < -0.3 is 14.6 Å². The lowest BCUT2D eigenvalue weighted by molar-refractivity contribution is -0.931. The van der Waals surface area contributed by atoms with Crippen molar-refractivity contribution in [2.24, 2.45) is 0 Å². The van der Waals surface area contributed by atoms with Crippen molar-refractivity contribution in [3.8, 4) is 5.75 Å². The summed E-state index contributed by atoms with van der Waals surface area (Å²) < 4.78 is 7.43. The van der Waals surface area contributed by atoms with E-state index in [0.29, 0.717) is 6.04 Å². The van der Waals surface area contributed by atoms with Crippen molar-refractivity contribution >= 4 is 10.9 Å². The third-order valence-corrected chi connectivity index (χ3v) is 6.99. The van der Waals surface area contributed by atoms with E-state index in [1.54, 1.807) is 7.11 Å². The fourth-order valence-electron chi connectivity index (χ4n) is 5.36. The summed E-state index contributed by atoms with van der Waals surface area (Å²) in [5.74, 6) is 1.61. The summed E-state index contributed by atoms with van der Waals surface area (Å²) in [6.07, 6.45) is 9.47. The number of nitrogens with zero attached hydrogens (tertiary/aromatic N) is 4. The summed E-state index contributed by atoms with van der Waals surface area (Å²) in [7, 11) is 1.66. The summed E-state index contributed by atoms with van der Waals surface area (Å²) in [5.41, 5.74) is 1.50. The van der Waals surface area contributed by atoms with E-state index in [0.717, 1.165) is 66.8 Å². The van der Waals surface area contributed by atoms with E-state index in [-0.39, 0.29) is 11.6 Å². The summed E-state index contributed by atoms with van der Waals surface area (Å²) in [4.78, 5) is 17.7. The zero-order valence-electron chi connectivity index (χ0n) is 18.1. The second-order valence-electron chi connectivity index (χ2n) is 8.93. The summed E-state index contributed by atoms with van der Waals surface area (Å²) in [6.45, 7) is 2.05. The number of quaternary nitrogens is 1. The molecule has 0 unspecified atom stereocenters. The van der Waals surface area contributed by atoms with E-state index in [9.17, 15) is 4.79 Å². The van der Waals surface area contributed by atoms with Crippen molar-refractivity contribution in [3.63, 3.8) is 0 Å². The van der Waals surface area contributed by atoms with Gasteiger partial charge in [0.05, 0.1) is 31.8 Å². The molecule has 1 atom stereocenters. The molecular weight excluding hydrogens is 392 g/mol. The Labute approximate surface area is 181 Å². The van der Waals surface area contributed by atoms with E-state index < -0.39 is 0 Å². The molecule has 3 aromatic rings. The van der Waals surface area contributed by atoms with Gasteiger partial charge in [0.2, 0.25) is 5.82 Å². The minimum absolute atomic E-state index is 0.0565. The van der Waals surface area contributed by atoms with E-state index in [1.165, 1.54) is 30.6 Å². The molecule has 3 heterocycles. The molecule has 8 nitrogen and oxygen atoms in total. The zero-order valence-corrected chi connectivity index (χ0v) is 18.1.